The van der Waals surface area contributed by atoms with Crippen molar-refractivity contribution < 1.29 is 55.7 Å². The van der Waals surface area contributed by atoms with Crippen molar-refractivity contribution in [3.05, 3.63) is 24.3 Å². The number of nitrogens with zero attached hydrogens (tertiary/aromatic N) is 2. The lowest BCUT2D eigenvalue weighted by Gasteiger charge is -2.73. The second-order valence-corrected chi connectivity index (χ2v) is 46.3. The lowest BCUT2D eigenvalue weighted by molar-refractivity contribution is -0.247. The van der Waals surface area contributed by atoms with E-state index in [9.17, 15) is 46.2 Å². The van der Waals surface area contributed by atoms with Crippen LogP contribution in [0, 0.1) is 113 Å². The van der Waals surface area contributed by atoms with Crippen LogP contribution in [0.2, 0.25) is 0 Å². The topological polar surface area (TPSA) is 226 Å². The number of carboxylic acids is 2. The first-order valence-electron chi connectivity index (χ1n) is 41.5. The third kappa shape index (κ3) is 14.2. The van der Waals surface area contributed by atoms with Gasteiger partial charge in [-0.25, -0.2) is 16.8 Å². The van der Waals surface area contributed by atoms with Crippen LogP contribution in [0.1, 0.15) is 278 Å². The summed E-state index contributed by atoms with van der Waals surface area (Å²) in [5, 5.41) is 27.1. The van der Waals surface area contributed by atoms with Gasteiger partial charge in [-0.3, -0.25) is 19.2 Å². The number of ether oxygens (including phenoxy) is 2. The molecule has 0 amide bonds. The van der Waals surface area contributed by atoms with Crippen LogP contribution in [0.4, 0.5) is 0 Å². The van der Waals surface area contributed by atoms with Crippen molar-refractivity contribution in [1.82, 2.24) is 20.4 Å². The number of fused-ring (bicyclic) bond motifs is 14. The van der Waals surface area contributed by atoms with Crippen LogP contribution < -0.4 is 10.6 Å². The molecular weight excluding hydrogens is 1350 g/mol. The standard InChI is InChI=1S/2C43H72N2O6S/c1-28(2)30-13-20-43(44-23-26-45-24-16-29(17-25-45)52(10,49)50)22-21-41(8)31(36(30)43)11-12-33-40(7)18-15-34(51-35(46)27-38(3,4)37(47)48)39(5,6)32(40)14-19-42(33,41)9;1-28(2)30-13-20-43(44-23-26-45-24-16-29(17-25-45)52(10,49)50)22-21-41(8)31(36(30)43)11-12-33-40(7)18-15-34(51-37(48)38(3,4)27-35(46)47)39(5,6)32(40)14-19-42(33,41)9/h29-34,36,44H,1,11-27H2,2-10H3,(H,47,48);29-34,36,44H,1,11-27H2,2-10H3,(H,46,47)/t2*30-,31+,32-,33+,34-,36+,40-,41+,42+,43-/m00/s1. The smallest absolute Gasteiger partial charge is 0.312 e. The lowest BCUT2D eigenvalue weighted by Crippen LogP contribution is -2.69. The SMILES string of the molecule is C=C(C)[C@@H]1CC[C@]2(NCCN3CCC(S(C)(=O)=O)CC3)CC[C@]3(C)[C@H](CC[C@@H]4[C@@]5(C)CC[C@H](OC(=O)C(C)(C)CC(=O)O)C(C)(C)[C@@H]5CC[C@]43C)[C@@H]12.C=C(C)[C@@H]1CC[C@]2(NCCN3CCC(S(C)(=O)=O)CC3)CC[C@]3(C)[C@H](CC[C@@H]4[C@@]5(C)CC[C@H](OC(=O)CC(C)(C)C(=O)O)C(C)(C)[C@@H]5CC[C@]43C)[C@@H]12. The summed E-state index contributed by atoms with van der Waals surface area (Å²) >= 11 is 0. The Morgan fingerprint density at radius 1 is 0.462 bits per heavy atom. The Bertz CT molecular complexity index is 3480. The number of nitrogens with one attached hydrogen (secondary N) is 2. The van der Waals surface area contributed by atoms with Gasteiger partial charge in [0, 0.05) is 60.6 Å². The first kappa shape index (κ1) is 82.1. The Kier molecular flexibility index (Phi) is 22.6. The average Bonchev–Trinajstić information content (AvgIpc) is 0.962. The molecule has 12 aliphatic rings. The molecule has 0 aromatic rings. The van der Waals surface area contributed by atoms with Crippen LogP contribution in [0.5, 0.6) is 0 Å². The first-order chi connectivity index (χ1) is 48.0. The number of rotatable bonds is 20. The fraction of sp³-hybridized carbons (Fsp3) is 0.907. The van der Waals surface area contributed by atoms with Crippen molar-refractivity contribution in [2.45, 2.75) is 312 Å². The Hall–Kier alpha value is -2.90. The summed E-state index contributed by atoms with van der Waals surface area (Å²) in [4.78, 5) is 54.6. The summed E-state index contributed by atoms with van der Waals surface area (Å²) in [5.41, 5.74) is 1.66. The van der Waals surface area contributed by atoms with Crippen LogP contribution >= 0.6 is 0 Å². The summed E-state index contributed by atoms with van der Waals surface area (Å²) in [6.07, 6.45) is 28.3. The molecule has 20 atom stereocenters. The van der Waals surface area contributed by atoms with E-state index in [-0.39, 0.29) is 102 Å². The number of allylic oxidation sites excluding steroid dienone is 2. The van der Waals surface area contributed by atoms with Gasteiger partial charge in [0.2, 0.25) is 0 Å². The van der Waals surface area contributed by atoms with Gasteiger partial charge in [0.15, 0.2) is 0 Å². The van der Waals surface area contributed by atoms with Crippen LogP contribution in [0.15, 0.2) is 24.3 Å². The largest absolute Gasteiger partial charge is 0.481 e. The van der Waals surface area contributed by atoms with Crippen molar-refractivity contribution in [3.8, 4) is 0 Å². The number of sulfone groups is 2. The number of esters is 2. The van der Waals surface area contributed by atoms with E-state index in [1.165, 1.54) is 114 Å². The molecule has 2 saturated heterocycles. The fourth-order valence-electron chi connectivity index (χ4n) is 28.7. The van der Waals surface area contributed by atoms with Gasteiger partial charge < -0.3 is 40.1 Å². The van der Waals surface area contributed by atoms with E-state index in [1.807, 2.05) is 0 Å². The molecule has 18 heteroatoms. The average molecular weight is 1490 g/mol. The van der Waals surface area contributed by atoms with Gasteiger partial charge in [-0.2, -0.15) is 0 Å². The maximum atomic E-state index is 13.3. The highest BCUT2D eigenvalue weighted by atomic mass is 32.2. The quantitative estimate of drug-likeness (QED) is 0.0657. The zero-order valence-corrected chi connectivity index (χ0v) is 69.9. The van der Waals surface area contributed by atoms with Crippen molar-refractivity contribution in [1.29, 1.82) is 0 Å². The van der Waals surface area contributed by atoms with Gasteiger partial charge in [-0.1, -0.05) is 93.5 Å². The molecule has 0 radical (unpaired) electrons. The van der Waals surface area contributed by atoms with E-state index in [1.54, 1.807) is 27.7 Å². The second-order valence-electron chi connectivity index (χ2n) is 41.7. The summed E-state index contributed by atoms with van der Waals surface area (Å²) in [7, 11) is -5.92. The highest BCUT2D eigenvalue weighted by Gasteiger charge is 2.74. The minimum atomic E-state index is -2.96. The third-order valence-electron chi connectivity index (χ3n) is 34.9. The normalized spacial score (nSPS) is 42.3. The number of hydrogen-bond acceptors (Lipinski definition) is 14. The Labute approximate surface area is 630 Å². The van der Waals surface area contributed by atoms with E-state index >= 15 is 0 Å². The lowest BCUT2D eigenvalue weighted by atomic mass is 9.32. The number of piperidine rings is 2. The first-order valence-corrected chi connectivity index (χ1v) is 45.4. The third-order valence-corrected chi connectivity index (χ3v) is 38.3. The van der Waals surface area contributed by atoms with Crippen molar-refractivity contribution in [3.63, 3.8) is 0 Å². The monoisotopic (exact) mass is 1490 g/mol. The zero-order chi connectivity index (χ0) is 76.6. The number of carbonyl (C=O) groups excluding carboxylic acids is 2. The molecule has 10 aliphatic carbocycles. The second kappa shape index (κ2) is 28.7. The van der Waals surface area contributed by atoms with Crippen molar-refractivity contribution in [2.24, 2.45) is 113 Å². The maximum absolute atomic E-state index is 13.3. The Morgan fingerprint density at radius 2 is 0.846 bits per heavy atom. The maximum Gasteiger partial charge on any atom is 0.312 e. The van der Waals surface area contributed by atoms with E-state index in [2.05, 4.69) is 117 Å². The zero-order valence-electron chi connectivity index (χ0n) is 68.2. The minimum Gasteiger partial charge on any atom is -0.481 e. The highest BCUT2D eigenvalue weighted by Crippen LogP contribution is 2.79. The molecule has 0 aromatic heterocycles. The van der Waals surface area contributed by atoms with Gasteiger partial charge in [0.05, 0.1) is 34.2 Å². The molecule has 0 aromatic carbocycles. The number of aliphatic carboxylic acids is 2. The van der Waals surface area contributed by atoms with Crippen LogP contribution in [-0.2, 0) is 48.3 Å². The minimum absolute atomic E-state index is 0.107. The molecular formula is C86H144N4O12S2. The van der Waals surface area contributed by atoms with Crippen molar-refractivity contribution >= 4 is 43.6 Å². The number of carboxylic acid groups (broad SMARTS) is 2. The summed E-state index contributed by atoms with van der Waals surface area (Å²) < 4.78 is 61.0. The summed E-state index contributed by atoms with van der Waals surface area (Å²) in [5.74, 6) is 2.95. The number of carbonyl (C=O) groups is 4. The van der Waals surface area contributed by atoms with Gasteiger partial charge in [-0.05, 0) is 313 Å². The van der Waals surface area contributed by atoms with Gasteiger partial charge in [-0.15, -0.1) is 0 Å². The molecule has 12 rings (SSSR count). The fourth-order valence-corrected chi connectivity index (χ4v) is 30.8. The Balaban J connectivity index is 0.000000208. The van der Waals surface area contributed by atoms with Gasteiger partial charge in [0.25, 0.3) is 0 Å². The highest BCUT2D eigenvalue weighted by molar-refractivity contribution is 7.91. The molecule has 592 valence electrons. The number of likely N-dealkylation sites (tertiary alicyclic amines) is 2. The number of hydrogen-bond donors (Lipinski definition) is 4. The summed E-state index contributed by atoms with van der Waals surface area (Å²) in [6.45, 7) is 52.8. The predicted octanol–water partition coefficient (Wildman–Crippen LogP) is 15.8. The van der Waals surface area contributed by atoms with E-state index in [0.717, 1.165) is 117 Å². The van der Waals surface area contributed by atoms with Crippen LogP contribution in [0.3, 0.4) is 0 Å². The van der Waals surface area contributed by atoms with E-state index in [0.29, 0.717) is 59.2 Å². The molecule has 4 N–H and O–H groups in total. The Morgan fingerprint density at radius 3 is 1.20 bits per heavy atom. The summed E-state index contributed by atoms with van der Waals surface area (Å²) in [6, 6.07) is 0. The van der Waals surface area contributed by atoms with Crippen LogP contribution in [0.25, 0.3) is 0 Å². The van der Waals surface area contributed by atoms with Crippen molar-refractivity contribution in [2.75, 3.05) is 64.9 Å². The molecule has 2 heterocycles. The molecule has 104 heavy (non-hydrogen) atoms. The molecule has 10 saturated carbocycles. The van der Waals surface area contributed by atoms with E-state index in [4.69, 9.17) is 9.47 Å². The predicted molar refractivity (Wildman–Crippen MR) is 415 cm³/mol. The van der Waals surface area contributed by atoms with Gasteiger partial charge in [0.1, 0.15) is 31.9 Å². The molecule has 12 fully saturated rings. The molecule has 0 bridgehead atoms. The molecule has 16 nitrogen and oxygen atoms in total. The molecule has 0 unspecified atom stereocenters. The molecule has 2 aliphatic heterocycles. The van der Waals surface area contributed by atoms with Gasteiger partial charge >= 0.3 is 23.9 Å². The molecule has 0 spiro atoms. The van der Waals surface area contributed by atoms with Crippen LogP contribution in [-0.4, -0.2) is 159 Å². The van der Waals surface area contributed by atoms with E-state index < -0.39 is 42.4 Å².